The van der Waals surface area contributed by atoms with Crippen LogP contribution >= 0.6 is 0 Å². The highest BCUT2D eigenvalue weighted by atomic mass is 16.5. The van der Waals surface area contributed by atoms with Crippen LogP contribution in [0.2, 0.25) is 0 Å². The van der Waals surface area contributed by atoms with E-state index in [9.17, 15) is 14.4 Å². The first kappa shape index (κ1) is 29.4. The minimum absolute atomic E-state index is 0.0870. The fourth-order valence-corrected chi connectivity index (χ4v) is 3.79. The van der Waals surface area contributed by atoms with E-state index < -0.39 is 5.97 Å². The topological polar surface area (TPSA) is 60.4 Å². The van der Waals surface area contributed by atoms with E-state index in [2.05, 4.69) is 19.1 Å². The fourth-order valence-electron chi connectivity index (χ4n) is 3.79. The van der Waals surface area contributed by atoms with Crippen molar-refractivity contribution in [2.45, 2.75) is 65.2 Å². The number of ketones is 2. The van der Waals surface area contributed by atoms with Crippen molar-refractivity contribution in [1.29, 1.82) is 0 Å². The normalized spacial score (nSPS) is 14.3. The fraction of sp³-hybridized carbons (Fsp3) is 0.303. The van der Waals surface area contributed by atoms with Crippen LogP contribution in [0.25, 0.3) is 0 Å². The Labute approximate surface area is 221 Å². The zero-order valence-corrected chi connectivity index (χ0v) is 22.0. The van der Waals surface area contributed by atoms with E-state index in [1.165, 1.54) is 63.2 Å². The molecule has 0 amide bonds. The Morgan fingerprint density at radius 1 is 0.784 bits per heavy atom. The summed E-state index contributed by atoms with van der Waals surface area (Å²) in [5.41, 5.74) is 0.755. The molecule has 37 heavy (non-hydrogen) atoms. The number of esters is 1. The first-order chi connectivity index (χ1) is 18.0. The Hall–Kier alpha value is -3.79. The first-order valence-electron chi connectivity index (χ1n) is 13.2. The second-order valence-electron chi connectivity index (χ2n) is 8.86. The van der Waals surface area contributed by atoms with Gasteiger partial charge in [0.2, 0.25) is 0 Å². The van der Waals surface area contributed by atoms with Gasteiger partial charge >= 0.3 is 5.97 Å². The van der Waals surface area contributed by atoms with Crippen LogP contribution < -0.4 is 4.74 Å². The number of ether oxygens (including phenoxy) is 1. The highest BCUT2D eigenvalue weighted by Gasteiger charge is 2.27. The number of allylic oxidation sites excluding steroid dienone is 13. The van der Waals surface area contributed by atoms with Gasteiger partial charge in [0.1, 0.15) is 5.75 Å². The van der Waals surface area contributed by atoms with E-state index in [1.54, 1.807) is 37.3 Å². The monoisotopic (exact) mass is 498 g/mol. The quantitative estimate of drug-likeness (QED) is 0.0801. The van der Waals surface area contributed by atoms with Crippen LogP contribution in [-0.2, 0) is 4.79 Å². The van der Waals surface area contributed by atoms with Crippen LogP contribution in [0.15, 0.2) is 103 Å². The molecular formula is C33H38O4. The molecule has 4 heteroatoms. The third-order valence-corrected chi connectivity index (χ3v) is 5.78. The second kappa shape index (κ2) is 17.6. The summed E-state index contributed by atoms with van der Waals surface area (Å²) < 4.78 is 5.30. The van der Waals surface area contributed by atoms with Gasteiger partial charge in [-0.15, -0.1) is 0 Å². The lowest BCUT2D eigenvalue weighted by Crippen LogP contribution is -2.18. The Kier molecular flexibility index (Phi) is 14.0. The molecule has 1 aliphatic rings. The highest BCUT2D eigenvalue weighted by molar-refractivity contribution is 6.25. The van der Waals surface area contributed by atoms with Crippen molar-refractivity contribution in [1.82, 2.24) is 0 Å². The lowest BCUT2D eigenvalue weighted by atomic mass is 9.89. The maximum atomic E-state index is 12.3. The third-order valence-electron chi connectivity index (χ3n) is 5.78. The Morgan fingerprint density at radius 3 is 2.05 bits per heavy atom. The lowest BCUT2D eigenvalue weighted by molar-refractivity contribution is -0.129. The molecule has 1 aromatic rings. The number of rotatable bonds is 15. The Morgan fingerprint density at radius 2 is 1.38 bits per heavy atom. The van der Waals surface area contributed by atoms with Crippen LogP contribution in [0, 0.1) is 0 Å². The summed E-state index contributed by atoms with van der Waals surface area (Å²) in [6.45, 7) is 3.84. The number of carbonyl (C=O) groups is 3. The molecule has 1 aliphatic carbocycles. The van der Waals surface area contributed by atoms with E-state index in [4.69, 9.17) is 4.74 Å². The van der Waals surface area contributed by atoms with Crippen molar-refractivity contribution in [2.24, 2.45) is 0 Å². The van der Waals surface area contributed by atoms with E-state index in [0.717, 1.165) is 6.42 Å². The average Bonchev–Trinajstić information content (AvgIpc) is 2.88. The average molecular weight is 499 g/mol. The molecule has 0 atom stereocenters. The number of carbonyl (C=O) groups excluding carboxylic acids is 3. The van der Waals surface area contributed by atoms with Crippen molar-refractivity contribution in [3.8, 4) is 5.75 Å². The van der Waals surface area contributed by atoms with Gasteiger partial charge in [-0.3, -0.25) is 9.59 Å². The summed E-state index contributed by atoms with van der Waals surface area (Å²) in [6, 6.07) is 4.67. The number of hydrogen-bond donors (Lipinski definition) is 0. The van der Waals surface area contributed by atoms with Crippen LogP contribution in [0.4, 0.5) is 0 Å². The number of benzene rings is 1. The SMILES string of the molecule is CCCCCCCCCC=CC=CC=CC=CC=CC=CC(=O)Oc1cccc2c1C(=O)C=C(C)C2=O. The minimum Gasteiger partial charge on any atom is -0.423 e. The molecule has 0 radical (unpaired) electrons. The van der Waals surface area contributed by atoms with Gasteiger partial charge < -0.3 is 4.74 Å². The van der Waals surface area contributed by atoms with Gasteiger partial charge in [0.25, 0.3) is 0 Å². The number of unbranched alkanes of at least 4 members (excludes halogenated alkanes) is 7. The Balaban J connectivity index is 1.66. The smallest absolute Gasteiger partial charge is 0.336 e. The summed E-state index contributed by atoms with van der Waals surface area (Å²) in [5, 5.41) is 0. The minimum atomic E-state index is -0.626. The van der Waals surface area contributed by atoms with Crippen LogP contribution in [0.3, 0.4) is 0 Å². The standard InChI is InChI=1S/C33H38O4/c1-3-4-5-6-7-8-9-10-11-12-13-14-15-16-17-18-19-20-21-25-31(35)37-30-24-22-23-28-32(30)29(34)26-27(2)33(28)36/h11-26H,3-10H2,1-2H3. The van der Waals surface area contributed by atoms with Crippen molar-refractivity contribution >= 4 is 17.5 Å². The zero-order valence-electron chi connectivity index (χ0n) is 22.0. The third kappa shape index (κ3) is 11.2. The van der Waals surface area contributed by atoms with Gasteiger partial charge in [-0.25, -0.2) is 4.79 Å². The maximum absolute atomic E-state index is 12.3. The molecule has 4 nitrogen and oxygen atoms in total. The molecule has 194 valence electrons. The van der Waals surface area contributed by atoms with E-state index in [1.807, 2.05) is 36.5 Å². The molecule has 0 unspecified atom stereocenters. The lowest BCUT2D eigenvalue weighted by Gasteiger charge is -2.15. The van der Waals surface area contributed by atoms with E-state index in [-0.39, 0.29) is 28.4 Å². The predicted octanol–water partition coefficient (Wildman–Crippen LogP) is 8.40. The van der Waals surface area contributed by atoms with Gasteiger partial charge in [-0.2, -0.15) is 0 Å². The summed E-state index contributed by atoms with van der Waals surface area (Å²) >= 11 is 0. The Bertz CT molecular complexity index is 1120. The molecule has 0 bridgehead atoms. The molecular weight excluding hydrogens is 460 g/mol. The van der Waals surface area contributed by atoms with Gasteiger partial charge in [0, 0.05) is 17.2 Å². The molecule has 0 aliphatic heterocycles. The van der Waals surface area contributed by atoms with Gasteiger partial charge in [0.05, 0.1) is 5.56 Å². The molecule has 0 spiro atoms. The largest absolute Gasteiger partial charge is 0.423 e. The molecule has 0 saturated heterocycles. The summed E-state index contributed by atoms with van der Waals surface area (Å²) in [4.78, 5) is 36.7. The molecule has 0 heterocycles. The van der Waals surface area contributed by atoms with Crippen molar-refractivity contribution in [3.05, 3.63) is 114 Å². The van der Waals surface area contributed by atoms with Crippen LogP contribution in [-0.4, -0.2) is 17.5 Å². The van der Waals surface area contributed by atoms with Crippen molar-refractivity contribution < 1.29 is 19.1 Å². The predicted molar refractivity (Wildman–Crippen MR) is 152 cm³/mol. The second-order valence-corrected chi connectivity index (χ2v) is 8.86. The number of hydrogen-bond acceptors (Lipinski definition) is 4. The summed E-state index contributed by atoms with van der Waals surface area (Å²) in [7, 11) is 0. The van der Waals surface area contributed by atoms with Crippen LogP contribution in [0.5, 0.6) is 5.75 Å². The van der Waals surface area contributed by atoms with E-state index >= 15 is 0 Å². The highest BCUT2D eigenvalue weighted by Crippen LogP contribution is 2.29. The van der Waals surface area contributed by atoms with Gasteiger partial charge in [0.15, 0.2) is 11.6 Å². The molecule has 0 fully saturated rings. The summed E-state index contributed by atoms with van der Waals surface area (Å²) in [5.74, 6) is -1.12. The molecule has 0 N–H and O–H groups in total. The number of Topliss-reactive ketones (excluding diaryl/α,β-unsaturated/α-hetero) is 1. The van der Waals surface area contributed by atoms with E-state index in [0.29, 0.717) is 5.57 Å². The van der Waals surface area contributed by atoms with Gasteiger partial charge in [-0.05, 0) is 31.9 Å². The van der Waals surface area contributed by atoms with Gasteiger partial charge in [-0.1, -0.05) is 124 Å². The van der Waals surface area contributed by atoms with Crippen LogP contribution in [0.1, 0.15) is 85.9 Å². The summed E-state index contributed by atoms with van der Waals surface area (Å²) in [6.07, 6.45) is 34.0. The molecule has 0 aromatic heterocycles. The maximum Gasteiger partial charge on any atom is 0.336 e. The molecule has 2 rings (SSSR count). The number of fused-ring (bicyclic) bond motifs is 1. The zero-order chi connectivity index (χ0) is 26.7. The molecule has 0 saturated carbocycles. The first-order valence-corrected chi connectivity index (χ1v) is 13.2. The van der Waals surface area contributed by atoms with Crippen molar-refractivity contribution in [2.75, 3.05) is 0 Å². The molecule has 1 aromatic carbocycles. The van der Waals surface area contributed by atoms with Crippen molar-refractivity contribution in [3.63, 3.8) is 0 Å².